The normalized spacial score (nSPS) is 10.4. The maximum atomic E-state index is 11.8. The van der Waals surface area contributed by atoms with Crippen LogP contribution in [0.5, 0.6) is 5.75 Å². The van der Waals surface area contributed by atoms with Crippen molar-refractivity contribution >= 4 is 11.0 Å². The number of aromatic hydroxyl groups is 1. The Hall–Kier alpha value is -4.29. The molecule has 0 unspecified atom stereocenters. The van der Waals surface area contributed by atoms with Gasteiger partial charge in [-0.15, -0.1) is 0 Å². The number of H-pyrrole nitrogens is 1. The number of rotatable bonds is 2. The van der Waals surface area contributed by atoms with Crippen molar-refractivity contribution in [3.63, 3.8) is 0 Å². The number of hydrogen-bond acceptors (Lipinski definition) is 4. The molecule has 0 fully saturated rings. The van der Waals surface area contributed by atoms with E-state index < -0.39 is 5.56 Å². The number of hydrogen-bond donors (Lipinski definition) is 2. The first-order valence-electron chi connectivity index (χ1n) is 8.10. The highest BCUT2D eigenvalue weighted by Crippen LogP contribution is 2.29. The number of pyridine rings is 1. The molecule has 0 aliphatic carbocycles. The molecular weight excluding hydrogens is 340 g/mol. The summed E-state index contributed by atoms with van der Waals surface area (Å²) in [5.74, 6) is -0.336. The molecule has 6 nitrogen and oxygen atoms in total. The van der Waals surface area contributed by atoms with E-state index in [-0.39, 0.29) is 11.3 Å². The molecule has 0 aliphatic heterocycles. The Labute approximate surface area is 153 Å². The Kier molecular flexibility index (Phi) is 3.73. The first-order valence-corrected chi connectivity index (χ1v) is 8.10. The summed E-state index contributed by atoms with van der Waals surface area (Å²) in [5, 5.41) is 28.3. The van der Waals surface area contributed by atoms with Crippen molar-refractivity contribution in [3.05, 3.63) is 82.3 Å². The fourth-order valence-electron chi connectivity index (χ4n) is 3.06. The highest BCUT2D eigenvalue weighted by Gasteiger charge is 2.15. The predicted molar refractivity (Wildman–Crippen MR) is 100 cm³/mol. The Balaban J connectivity index is 1.80. The third kappa shape index (κ3) is 2.62. The molecule has 2 aromatic heterocycles. The number of aromatic amines is 1. The van der Waals surface area contributed by atoms with Gasteiger partial charge in [0.25, 0.3) is 5.56 Å². The van der Waals surface area contributed by atoms with Gasteiger partial charge in [0.2, 0.25) is 0 Å². The summed E-state index contributed by atoms with van der Waals surface area (Å²) in [4.78, 5) is 14.4. The van der Waals surface area contributed by atoms with Crippen LogP contribution in [0.25, 0.3) is 27.8 Å². The lowest BCUT2D eigenvalue weighted by Gasteiger charge is -2.09. The van der Waals surface area contributed by atoms with Crippen molar-refractivity contribution in [1.29, 1.82) is 10.5 Å². The smallest absolute Gasteiger partial charge is 0.270 e. The van der Waals surface area contributed by atoms with E-state index in [0.717, 1.165) is 16.8 Å². The summed E-state index contributed by atoms with van der Waals surface area (Å²) in [6.07, 6.45) is 1.72. The minimum Gasteiger partial charge on any atom is -0.504 e. The van der Waals surface area contributed by atoms with E-state index in [1.165, 1.54) is 0 Å². The second-order valence-corrected chi connectivity index (χ2v) is 5.97. The van der Waals surface area contributed by atoms with Gasteiger partial charge in [-0.1, -0.05) is 24.3 Å². The first-order chi connectivity index (χ1) is 13.1. The van der Waals surface area contributed by atoms with Gasteiger partial charge in [0, 0.05) is 11.9 Å². The van der Waals surface area contributed by atoms with Gasteiger partial charge in [0.05, 0.1) is 17.1 Å². The minimum absolute atomic E-state index is 0.309. The number of fused-ring (bicyclic) bond motifs is 1. The molecule has 2 heterocycles. The first kappa shape index (κ1) is 16.2. The van der Waals surface area contributed by atoms with Gasteiger partial charge in [-0.2, -0.15) is 10.5 Å². The maximum Gasteiger partial charge on any atom is 0.270 e. The molecule has 0 amide bonds. The van der Waals surface area contributed by atoms with Crippen LogP contribution in [0.2, 0.25) is 0 Å². The van der Waals surface area contributed by atoms with Crippen LogP contribution in [0.1, 0.15) is 11.1 Å². The number of nitriles is 2. The van der Waals surface area contributed by atoms with E-state index in [9.17, 15) is 9.90 Å². The Morgan fingerprint density at radius 1 is 0.889 bits per heavy atom. The van der Waals surface area contributed by atoms with Crippen molar-refractivity contribution in [2.75, 3.05) is 0 Å². The molecule has 4 rings (SSSR count). The van der Waals surface area contributed by atoms with E-state index in [2.05, 4.69) is 11.1 Å². The molecule has 0 radical (unpaired) electrons. The zero-order valence-corrected chi connectivity index (χ0v) is 14.0. The van der Waals surface area contributed by atoms with Gasteiger partial charge in [-0.3, -0.25) is 4.79 Å². The summed E-state index contributed by atoms with van der Waals surface area (Å²) >= 11 is 0. The Morgan fingerprint density at radius 3 is 2.11 bits per heavy atom. The van der Waals surface area contributed by atoms with Crippen LogP contribution in [0, 0.1) is 22.7 Å². The highest BCUT2D eigenvalue weighted by atomic mass is 16.3. The summed E-state index contributed by atoms with van der Waals surface area (Å²) in [6.45, 7) is 0. The zero-order valence-electron chi connectivity index (χ0n) is 14.0. The van der Waals surface area contributed by atoms with Crippen molar-refractivity contribution in [2.24, 2.45) is 0 Å². The fraction of sp³-hybridized carbons (Fsp3) is 0. The lowest BCUT2D eigenvalue weighted by Crippen LogP contribution is -2.10. The van der Waals surface area contributed by atoms with Gasteiger partial charge in [0.1, 0.15) is 11.6 Å². The van der Waals surface area contributed by atoms with Crippen molar-refractivity contribution in [2.45, 2.75) is 0 Å². The minimum atomic E-state index is -0.614. The van der Waals surface area contributed by atoms with Crippen molar-refractivity contribution in [3.8, 4) is 34.7 Å². The summed E-state index contributed by atoms with van der Waals surface area (Å²) in [5.41, 5.74) is 3.24. The second-order valence-electron chi connectivity index (χ2n) is 5.97. The molecule has 27 heavy (non-hydrogen) atoms. The molecule has 0 aliphatic rings. The number of aromatic nitrogens is 2. The van der Waals surface area contributed by atoms with Crippen LogP contribution in [0.3, 0.4) is 0 Å². The lowest BCUT2D eigenvalue weighted by atomic mass is 10.0. The molecule has 0 saturated carbocycles. The number of nitrogens with one attached hydrogen (secondary N) is 1. The average molecular weight is 352 g/mol. The molecular formula is C21H12N4O2. The lowest BCUT2D eigenvalue weighted by molar-refractivity contribution is 0.476. The molecule has 6 heteroatoms. The fourth-order valence-corrected chi connectivity index (χ4v) is 3.06. The highest BCUT2D eigenvalue weighted by molar-refractivity contribution is 5.86. The molecule has 0 saturated heterocycles. The maximum absolute atomic E-state index is 11.8. The van der Waals surface area contributed by atoms with Crippen molar-refractivity contribution in [1.82, 2.24) is 9.55 Å². The third-order valence-corrected chi connectivity index (χ3v) is 4.43. The summed E-state index contributed by atoms with van der Waals surface area (Å²) in [7, 11) is 0. The molecule has 0 spiro atoms. The van der Waals surface area contributed by atoms with E-state index in [1.54, 1.807) is 35.0 Å². The Bertz CT molecular complexity index is 1300. The summed E-state index contributed by atoms with van der Waals surface area (Å²) in [6, 6.07) is 20.4. The Morgan fingerprint density at radius 2 is 1.52 bits per heavy atom. The molecule has 4 aromatic rings. The SMILES string of the molecule is N#Cc1ccc(-c2ccc(-n3ccc4[nH]c(=O)c(C#N)c(O)c43)cc2)cc1. The van der Waals surface area contributed by atoms with E-state index in [1.807, 2.05) is 36.4 Å². The molecule has 2 N–H and O–H groups in total. The molecule has 2 aromatic carbocycles. The second kappa shape index (κ2) is 6.21. The van der Waals surface area contributed by atoms with Crippen LogP contribution in [0.15, 0.2) is 65.6 Å². The summed E-state index contributed by atoms with van der Waals surface area (Å²) < 4.78 is 1.71. The monoisotopic (exact) mass is 352 g/mol. The third-order valence-electron chi connectivity index (χ3n) is 4.43. The average Bonchev–Trinajstić information content (AvgIpc) is 3.12. The van der Waals surface area contributed by atoms with Crippen LogP contribution >= 0.6 is 0 Å². The van der Waals surface area contributed by atoms with Crippen LogP contribution in [0.4, 0.5) is 0 Å². The van der Waals surface area contributed by atoms with Crippen LogP contribution in [-0.2, 0) is 0 Å². The van der Waals surface area contributed by atoms with Crippen molar-refractivity contribution < 1.29 is 5.11 Å². The number of benzene rings is 2. The van der Waals surface area contributed by atoms with E-state index in [0.29, 0.717) is 16.6 Å². The van der Waals surface area contributed by atoms with Crippen LogP contribution < -0.4 is 5.56 Å². The van der Waals surface area contributed by atoms with Crippen LogP contribution in [-0.4, -0.2) is 14.7 Å². The standard InChI is InChI=1S/C21H12N4O2/c22-11-13-1-3-14(4-2-13)15-5-7-16(8-6-15)25-10-9-18-19(25)20(26)17(12-23)21(27)24-18/h1-10H,(H2,24,26,27). The topological polar surface area (TPSA) is 106 Å². The van der Waals surface area contributed by atoms with Gasteiger partial charge < -0.3 is 14.7 Å². The molecule has 0 bridgehead atoms. The quantitative estimate of drug-likeness (QED) is 0.576. The van der Waals surface area contributed by atoms with Gasteiger partial charge in [0.15, 0.2) is 11.3 Å². The van der Waals surface area contributed by atoms with Gasteiger partial charge >= 0.3 is 0 Å². The largest absolute Gasteiger partial charge is 0.504 e. The predicted octanol–water partition coefficient (Wildman–Crippen LogP) is 3.43. The van der Waals surface area contributed by atoms with Gasteiger partial charge in [-0.05, 0) is 41.5 Å². The van der Waals surface area contributed by atoms with E-state index in [4.69, 9.17) is 10.5 Å². The van der Waals surface area contributed by atoms with E-state index >= 15 is 0 Å². The number of nitrogens with zero attached hydrogens (tertiary/aromatic N) is 3. The zero-order chi connectivity index (χ0) is 19.0. The molecule has 128 valence electrons. The van der Waals surface area contributed by atoms with Gasteiger partial charge in [-0.25, -0.2) is 0 Å². The molecule has 0 atom stereocenters.